The zero-order valence-electron chi connectivity index (χ0n) is 5.59. The van der Waals surface area contributed by atoms with Gasteiger partial charge < -0.3 is 5.73 Å². The first-order valence-electron chi connectivity index (χ1n) is 3.21. The Bertz CT molecular complexity index is 80.6. The molecule has 0 radical (unpaired) electrons. The molecule has 1 aliphatic heterocycles. The number of hydrogen-bond acceptors (Lipinski definition) is 2. The molecular formula is C6H14N2. The number of rotatable bonds is 2. The quantitative estimate of drug-likeness (QED) is 0.513. The van der Waals surface area contributed by atoms with E-state index in [0.717, 1.165) is 6.42 Å². The van der Waals surface area contributed by atoms with Crippen LogP contribution < -0.4 is 5.73 Å². The van der Waals surface area contributed by atoms with E-state index in [-0.39, 0.29) is 0 Å². The maximum absolute atomic E-state index is 5.73. The molecule has 1 heterocycles. The predicted octanol–water partition coefficient (Wildman–Crippen LogP) is 0.0377. The lowest BCUT2D eigenvalue weighted by Gasteiger charge is -2.04. The summed E-state index contributed by atoms with van der Waals surface area (Å²) in [5.41, 5.74) is 5.73. The molecule has 1 rings (SSSR count). The lowest BCUT2D eigenvalue weighted by Crippen LogP contribution is -2.27. The highest BCUT2D eigenvalue weighted by molar-refractivity contribution is 4.93. The Labute approximate surface area is 50.7 Å². The van der Waals surface area contributed by atoms with Crippen LogP contribution in [0.5, 0.6) is 0 Å². The molecular weight excluding hydrogens is 100 g/mol. The van der Waals surface area contributed by atoms with Gasteiger partial charge in [-0.2, -0.15) is 0 Å². The maximum atomic E-state index is 5.73. The van der Waals surface area contributed by atoms with Gasteiger partial charge in [-0.1, -0.05) is 6.92 Å². The van der Waals surface area contributed by atoms with E-state index in [9.17, 15) is 0 Å². The second kappa shape index (κ2) is 2.03. The molecule has 3 atom stereocenters. The van der Waals surface area contributed by atoms with Gasteiger partial charge in [0.2, 0.25) is 0 Å². The zero-order chi connectivity index (χ0) is 6.15. The summed E-state index contributed by atoms with van der Waals surface area (Å²) < 4.78 is 0. The lowest BCUT2D eigenvalue weighted by molar-refractivity contribution is 0.521. The highest BCUT2D eigenvalue weighted by Crippen LogP contribution is 2.17. The van der Waals surface area contributed by atoms with Crippen LogP contribution in [0.1, 0.15) is 13.3 Å². The van der Waals surface area contributed by atoms with Crippen molar-refractivity contribution in [2.45, 2.75) is 25.4 Å². The number of nitrogens with two attached hydrogens (primary N) is 1. The molecule has 1 aliphatic rings. The van der Waals surface area contributed by atoms with Crippen molar-refractivity contribution >= 4 is 0 Å². The van der Waals surface area contributed by atoms with E-state index in [1.807, 2.05) is 0 Å². The van der Waals surface area contributed by atoms with Crippen LogP contribution in [0.15, 0.2) is 0 Å². The van der Waals surface area contributed by atoms with Crippen LogP contribution in [0.4, 0.5) is 0 Å². The van der Waals surface area contributed by atoms with Crippen LogP contribution in [0.25, 0.3) is 0 Å². The molecule has 0 aromatic heterocycles. The first-order chi connectivity index (χ1) is 3.75. The van der Waals surface area contributed by atoms with Crippen LogP contribution in [0, 0.1) is 0 Å². The minimum absolute atomic E-state index is 0.417. The molecule has 8 heavy (non-hydrogen) atoms. The van der Waals surface area contributed by atoms with Crippen molar-refractivity contribution in [3.05, 3.63) is 0 Å². The number of likely N-dealkylation sites (N-methyl/N-ethyl adjacent to an activating group) is 1. The van der Waals surface area contributed by atoms with E-state index in [0.29, 0.717) is 12.1 Å². The Morgan fingerprint density at radius 3 is 2.50 bits per heavy atom. The first-order valence-corrected chi connectivity index (χ1v) is 3.21. The molecule has 1 fully saturated rings. The molecule has 2 nitrogen and oxygen atoms in total. The van der Waals surface area contributed by atoms with Gasteiger partial charge in [-0.15, -0.1) is 0 Å². The van der Waals surface area contributed by atoms with Crippen molar-refractivity contribution in [2.24, 2.45) is 5.73 Å². The van der Waals surface area contributed by atoms with E-state index in [1.165, 1.54) is 6.54 Å². The predicted molar refractivity (Wildman–Crippen MR) is 34.7 cm³/mol. The van der Waals surface area contributed by atoms with Gasteiger partial charge in [0.15, 0.2) is 0 Å². The molecule has 0 aliphatic carbocycles. The van der Waals surface area contributed by atoms with Crippen molar-refractivity contribution in [3.63, 3.8) is 0 Å². The van der Waals surface area contributed by atoms with Crippen molar-refractivity contribution in [3.8, 4) is 0 Å². The third-order valence-electron chi connectivity index (χ3n) is 1.87. The summed E-state index contributed by atoms with van der Waals surface area (Å²) in [7, 11) is 2.11. The van der Waals surface area contributed by atoms with Crippen molar-refractivity contribution in [1.82, 2.24) is 4.90 Å². The van der Waals surface area contributed by atoms with Crippen LogP contribution in [-0.4, -0.2) is 30.6 Å². The monoisotopic (exact) mass is 114 g/mol. The third-order valence-corrected chi connectivity index (χ3v) is 1.87. The summed E-state index contributed by atoms with van der Waals surface area (Å²) in [5, 5.41) is 0. The van der Waals surface area contributed by atoms with Crippen LogP contribution in [0.2, 0.25) is 0 Å². The first kappa shape index (κ1) is 6.05. The summed E-state index contributed by atoms with van der Waals surface area (Å²) in [6.07, 6.45) is 1.11. The van der Waals surface area contributed by atoms with Crippen molar-refractivity contribution in [1.29, 1.82) is 0 Å². The van der Waals surface area contributed by atoms with Gasteiger partial charge >= 0.3 is 0 Å². The van der Waals surface area contributed by atoms with Gasteiger partial charge in [0.1, 0.15) is 0 Å². The topological polar surface area (TPSA) is 29.0 Å². The maximum Gasteiger partial charge on any atom is 0.0371 e. The average molecular weight is 114 g/mol. The summed E-state index contributed by atoms with van der Waals surface area (Å²) in [6.45, 7) is 3.34. The summed E-state index contributed by atoms with van der Waals surface area (Å²) in [6, 6.07) is 1.11. The second-order valence-corrected chi connectivity index (χ2v) is 2.58. The highest BCUT2D eigenvalue weighted by Gasteiger charge is 2.33. The fourth-order valence-electron chi connectivity index (χ4n) is 0.982. The molecule has 1 saturated heterocycles. The van der Waals surface area contributed by atoms with Gasteiger partial charge in [-0.3, -0.25) is 4.90 Å². The van der Waals surface area contributed by atoms with E-state index >= 15 is 0 Å². The van der Waals surface area contributed by atoms with Gasteiger partial charge in [-0.25, -0.2) is 0 Å². The number of hydrogen-bond donors (Lipinski definition) is 1. The molecule has 0 saturated carbocycles. The number of nitrogens with zero attached hydrogens (tertiary/aromatic N) is 1. The van der Waals surface area contributed by atoms with Gasteiger partial charge in [0.05, 0.1) is 0 Å². The Morgan fingerprint density at radius 1 is 1.88 bits per heavy atom. The Balaban J connectivity index is 2.18. The van der Waals surface area contributed by atoms with Crippen molar-refractivity contribution < 1.29 is 0 Å². The standard InChI is InChI=1S/C6H14N2/c1-3-5(7)6-4-8(6)2/h5-6H,3-4,7H2,1-2H3. The van der Waals surface area contributed by atoms with Crippen LogP contribution in [0.3, 0.4) is 0 Å². The summed E-state index contributed by atoms with van der Waals surface area (Å²) >= 11 is 0. The zero-order valence-corrected chi connectivity index (χ0v) is 5.59. The minimum atomic E-state index is 0.417. The van der Waals surface area contributed by atoms with E-state index < -0.39 is 0 Å². The lowest BCUT2D eigenvalue weighted by atomic mass is 10.2. The SMILES string of the molecule is CCC(N)C1CN1C. The van der Waals surface area contributed by atoms with Crippen molar-refractivity contribution in [2.75, 3.05) is 13.6 Å². The Kier molecular flexibility index (Phi) is 1.54. The molecule has 0 bridgehead atoms. The van der Waals surface area contributed by atoms with Crippen LogP contribution >= 0.6 is 0 Å². The fraction of sp³-hybridized carbons (Fsp3) is 1.00. The fourth-order valence-corrected chi connectivity index (χ4v) is 0.982. The van der Waals surface area contributed by atoms with E-state index in [1.54, 1.807) is 0 Å². The third kappa shape index (κ3) is 1.01. The second-order valence-electron chi connectivity index (χ2n) is 2.58. The van der Waals surface area contributed by atoms with E-state index in [2.05, 4.69) is 18.9 Å². The van der Waals surface area contributed by atoms with E-state index in [4.69, 9.17) is 5.73 Å². The van der Waals surface area contributed by atoms with Gasteiger partial charge in [0.25, 0.3) is 0 Å². The molecule has 0 aromatic carbocycles. The largest absolute Gasteiger partial charge is 0.326 e. The van der Waals surface area contributed by atoms with Gasteiger partial charge in [-0.05, 0) is 13.5 Å². The molecule has 3 unspecified atom stereocenters. The minimum Gasteiger partial charge on any atom is -0.326 e. The summed E-state index contributed by atoms with van der Waals surface area (Å²) in [5.74, 6) is 0. The summed E-state index contributed by atoms with van der Waals surface area (Å²) in [4.78, 5) is 2.27. The Hall–Kier alpha value is -0.0800. The molecule has 2 heteroatoms. The molecule has 0 spiro atoms. The molecule has 0 aromatic rings. The normalized spacial score (nSPS) is 39.4. The van der Waals surface area contributed by atoms with Gasteiger partial charge in [0, 0.05) is 18.6 Å². The van der Waals surface area contributed by atoms with Crippen LogP contribution in [-0.2, 0) is 0 Å². The molecule has 0 amide bonds. The Morgan fingerprint density at radius 2 is 2.38 bits per heavy atom. The molecule has 2 N–H and O–H groups in total. The molecule has 48 valence electrons. The highest BCUT2D eigenvalue weighted by atomic mass is 15.3. The average Bonchev–Trinajstić information content (AvgIpc) is 2.45. The smallest absolute Gasteiger partial charge is 0.0371 e.